The molecule has 0 spiro atoms. The lowest BCUT2D eigenvalue weighted by molar-refractivity contribution is -0.0631. The summed E-state index contributed by atoms with van der Waals surface area (Å²) in [6.45, 7) is 12.0. The molecule has 120 valence electrons. The first-order valence-corrected chi connectivity index (χ1v) is 8.03. The molecule has 0 aromatic heterocycles. The van der Waals surface area contributed by atoms with Crippen LogP contribution in [0.1, 0.15) is 53.4 Å². The van der Waals surface area contributed by atoms with Crippen LogP contribution in [0, 0.1) is 0 Å². The summed E-state index contributed by atoms with van der Waals surface area (Å²) in [4.78, 5) is 2.51. The number of aliphatic hydroxyl groups is 1. The van der Waals surface area contributed by atoms with Crippen LogP contribution in [-0.4, -0.2) is 60.5 Å². The van der Waals surface area contributed by atoms with E-state index in [4.69, 9.17) is 4.74 Å². The summed E-state index contributed by atoms with van der Waals surface area (Å²) in [5, 5.41) is 13.2. The van der Waals surface area contributed by atoms with Crippen LogP contribution in [0.4, 0.5) is 0 Å². The van der Waals surface area contributed by atoms with Gasteiger partial charge in [0.25, 0.3) is 0 Å². The average molecular weight is 286 g/mol. The molecule has 0 saturated carbocycles. The Kier molecular flexibility index (Phi) is 6.92. The lowest BCUT2D eigenvalue weighted by Crippen LogP contribution is -2.55. The van der Waals surface area contributed by atoms with Gasteiger partial charge in [-0.2, -0.15) is 0 Å². The van der Waals surface area contributed by atoms with Gasteiger partial charge in [-0.1, -0.05) is 6.92 Å². The van der Waals surface area contributed by atoms with Crippen LogP contribution in [0.15, 0.2) is 0 Å². The quantitative estimate of drug-likeness (QED) is 0.716. The van der Waals surface area contributed by atoms with Crippen LogP contribution in [0.2, 0.25) is 0 Å². The van der Waals surface area contributed by atoms with Gasteiger partial charge in [0.1, 0.15) is 0 Å². The molecule has 1 fully saturated rings. The highest BCUT2D eigenvalue weighted by molar-refractivity contribution is 4.91. The Balaban J connectivity index is 2.57. The van der Waals surface area contributed by atoms with E-state index in [1.807, 2.05) is 7.11 Å². The van der Waals surface area contributed by atoms with E-state index < -0.39 is 0 Å². The van der Waals surface area contributed by atoms with Crippen molar-refractivity contribution in [2.75, 3.05) is 33.4 Å². The Bertz CT molecular complexity index is 288. The van der Waals surface area contributed by atoms with E-state index in [2.05, 4.69) is 37.9 Å². The molecule has 1 heterocycles. The predicted molar refractivity (Wildman–Crippen MR) is 84.1 cm³/mol. The molecule has 1 rings (SSSR count). The van der Waals surface area contributed by atoms with Gasteiger partial charge in [-0.05, 0) is 59.5 Å². The fourth-order valence-corrected chi connectivity index (χ4v) is 3.19. The maximum Gasteiger partial charge on any atom is 0.0777 e. The van der Waals surface area contributed by atoms with Crippen molar-refractivity contribution in [3.8, 4) is 0 Å². The number of rotatable bonds is 8. The molecule has 2 N–H and O–H groups in total. The van der Waals surface area contributed by atoms with Gasteiger partial charge in [-0.25, -0.2) is 0 Å². The second kappa shape index (κ2) is 7.74. The van der Waals surface area contributed by atoms with Gasteiger partial charge in [-0.15, -0.1) is 0 Å². The van der Waals surface area contributed by atoms with Gasteiger partial charge in [0, 0.05) is 25.2 Å². The third kappa shape index (κ3) is 4.99. The van der Waals surface area contributed by atoms with E-state index in [1.54, 1.807) is 0 Å². The summed E-state index contributed by atoms with van der Waals surface area (Å²) < 4.78 is 5.67. The number of likely N-dealkylation sites (tertiary alicyclic amines) is 1. The largest absolute Gasteiger partial charge is 0.394 e. The highest BCUT2D eigenvalue weighted by Gasteiger charge is 2.35. The topological polar surface area (TPSA) is 44.7 Å². The SMILES string of the molecule is CCCNC(C)(CO)CC(C)N1CCCC(C)(OC)C1. The molecule has 1 saturated heterocycles. The molecule has 3 atom stereocenters. The van der Waals surface area contributed by atoms with Crippen molar-refractivity contribution in [3.05, 3.63) is 0 Å². The third-order valence-electron chi connectivity index (χ3n) is 4.70. The first-order chi connectivity index (χ1) is 9.38. The van der Waals surface area contributed by atoms with Crippen LogP contribution >= 0.6 is 0 Å². The molecule has 0 radical (unpaired) electrons. The number of nitrogens with one attached hydrogen (secondary N) is 1. The van der Waals surface area contributed by atoms with Crippen LogP contribution in [-0.2, 0) is 4.74 Å². The standard InChI is InChI=1S/C16H34N2O2/c1-6-9-17-15(3,13-19)11-14(2)18-10-7-8-16(4,12-18)20-5/h14,17,19H,6-13H2,1-5H3. The summed E-state index contributed by atoms with van der Waals surface area (Å²) in [5.74, 6) is 0. The summed E-state index contributed by atoms with van der Waals surface area (Å²) in [7, 11) is 1.81. The number of hydrogen-bond donors (Lipinski definition) is 2. The Hall–Kier alpha value is -0.160. The van der Waals surface area contributed by atoms with E-state index in [0.29, 0.717) is 6.04 Å². The van der Waals surface area contributed by atoms with E-state index in [0.717, 1.165) is 38.9 Å². The number of piperidine rings is 1. The fourth-order valence-electron chi connectivity index (χ4n) is 3.19. The van der Waals surface area contributed by atoms with Gasteiger partial charge >= 0.3 is 0 Å². The number of ether oxygens (including phenoxy) is 1. The number of hydrogen-bond acceptors (Lipinski definition) is 4. The van der Waals surface area contributed by atoms with Gasteiger partial charge in [0.2, 0.25) is 0 Å². The van der Waals surface area contributed by atoms with Gasteiger partial charge in [0.15, 0.2) is 0 Å². The van der Waals surface area contributed by atoms with Crippen molar-refractivity contribution in [1.29, 1.82) is 0 Å². The van der Waals surface area contributed by atoms with Crippen molar-refractivity contribution < 1.29 is 9.84 Å². The first-order valence-electron chi connectivity index (χ1n) is 8.03. The van der Waals surface area contributed by atoms with Gasteiger partial charge in [0.05, 0.1) is 12.2 Å². The average Bonchev–Trinajstić information content (AvgIpc) is 2.45. The highest BCUT2D eigenvalue weighted by atomic mass is 16.5. The monoisotopic (exact) mass is 286 g/mol. The summed E-state index contributed by atoms with van der Waals surface area (Å²) in [5.41, 5.74) is -0.199. The highest BCUT2D eigenvalue weighted by Crippen LogP contribution is 2.27. The summed E-state index contributed by atoms with van der Waals surface area (Å²) in [6, 6.07) is 0.450. The Morgan fingerprint density at radius 2 is 2.20 bits per heavy atom. The van der Waals surface area contributed by atoms with Gasteiger partial charge < -0.3 is 15.2 Å². The molecule has 4 nitrogen and oxygen atoms in total. The molecule has 1 aliphatic heterocycles. The molecule has 0 aromatic rings. The Morgan fingerprint density at radius 1 is 1.50 bits per heavy atom. The molecule has 4 heteroatoms. The molecule has 20 heavy (non-hydrogen) atoms. The zero-order chi connectivity index (χ0) is 15.2. The number of nitrogens with zero attached hydrogens (tertiary/aromatic N) is 1. The second-order valence-electron chi connectivity index (χ2n) is 6.93. The van der Waals surface area contributed by atoms with E-state index in [-0.39, 0.29) is 17.7 Å². The zero-order valence-electron chi connectivity index (χ0n) is 14.0. The normalized spacial score (nSPS) is 29.1. The summed E-state index contributed by atoms with van der Waals surface area (Å²) in [6.07, 6.45) is 4.38. The zero-order valence-corrected chi connectivity index (χ0v) is 14.0. The molecule has 0 aromatic carbocycles. The lowest BCUT2D eigenvalue weighted by Gasteiger charge is -2.44. The van der Waals surface area contributed by atoms with Crippen molar-refractivity contribution in [1.82, 2.24) is 10.2 Å². The Morgan fingerprint density at radius 3 is 2.75 bits per heavy atom. The minimum Gasteiger partial charge on any atom is -0.394 e. The van der Waals surface area contributed by atoms with Crippen molar-refractivity contribution in [3.63, 3.8) is 0 Å². The molecule has 0 amide bonds. The molecular formula is C16H34N2O2. The number of methoxy groups -OCH3 is 1. The lowest BCUT2D eigenvalue weighted by atomic mass is 9.89. The smallest absolute Gasteiger partial charge is 0.0777 e. The first kappa shape index (κ1) is 17.9. The third-order valence-corrected chi connectivity index (χ3v) is 4.70. The van der Waals surface area contributed by atoms with E-state index in [9.17, 15) is 5.11 Å². The van der Waals surface area contributed by atoms with Crippen molar-refractivity contribution in [2.24, 2.45) is 0 Å². The van der Waals surface area contributed by atoms with E-state index in [1.165, 1.54) is 6.42 Å². The van der Waals surface area contributed by atoms with Crippen LogP contribution < -0.4 is 5.32 Å². The van der Waals surface area contributed by atoms with Crippen LogP contribution in [0.3, 0.4) is 0 Å². The summed E-state index contributed by atoms with van der Waals surface area (Å²) >= 11 is 0. The van der Waals surface area contributed by atoms with Crippen molar-refractivity contribution in [2.45, 2.75) is 70.6 Å². The minimum absolute atomic E-state index is 0.0149. The molecule has 0 bridgehead atoms. The fraction of sp³-hybridized carbons (Fsp3) is 1.00. The molecule has 3 unspecified atom stereocenters. The maximum atomic E-state index is 9.70. The predicted octanol–water partition coefficient (Wildman–Crippen LogP) is 2.02. The Labute approximate surface area is 124 Å². The second-order valence-corrected chi connectivity index (χ2v) is 6.93. The van der Waals surface area contributed by atoms with Crippen LogP contribution in [0.25, 0.3) is 0 Å². The van der Waals surface area contributed by atoms with Crippen molar-refractivity contribution >= 4 is 0 Å². The minimum atomic E-state index is -0.184. The van der Waals surface area contributed by atoms with Gasteiger partial charge in [-0.3, -0.25) is 4.90 Å². The molecule has 0 aliphatic carbocycles. The van der Waals surface area contributed by atoms with Crippen LogP contribution in [0.5, 0.6) is 0 Å². The molecule has 1 aliphatic rings. The number of aliphatic hydroxyl groups excluding tert-OH is 1. The molecular weight excluding hydrogens is 252 g/mol. The maximum absolute atomic E-state index is 9.70. The van der Waals surface area contributed by atoms with E-state index >= 15 is 0 Å².